The Balaban J connectivity index is 1.43. The molecular weight excluding hydrogens is 378 g/mol. The zero-order valence-corrected chi connectivity index (χ0v) is 15.6. The lowest BCUT2D eigenvalue weighted by Crippen LogP contribution is -2.42. The van der Waals surface area contributed by atoms with Crippen LogP contribution in [0, 0.1) is 0 Å². The number of hydrazine groups is 1. The van der Waals surface area contributed by atoms with E-state index >= 15 is 0 Å². The van der Waals surface area contributed by atoms with Crippen molar-refractivity contribution in [1.82, 2.24) is 16.2 Å². The first-order chi connectivity index (χ1) is 13.5. The van der Waals surface area contributed by atoms with Gasteiger partial charge in [-0.2, -0.15) is 0 Å². The predicted octanol–water partition coefficient (Wildman–Crippen LogP) is 3.07. The molecule has 0 saturated heterocycles. The molecule has 0 bridgehead atoms. The molecule has 0 radical (unpaired) electrons. The molecular formula is C21H18ClN3O3. The number of hydrogen-bond acceptors (Lipinski definition) is 3. The van der Waals surface area contributed by atoms with Crippen LogP contribution in [-0.4, -0.2) is 24.3 Å². The van der Waals surface area contributed by atoms with Crippen LogP contribution in [0.1, 0.15) is 27.1 Å². The van der Waals surface area contributed by atoms with E-state index in [1.54, 1.807) is 36.4 Å². The Bertz CT molecular complexity index is 1020. The summed E-state index contributed by atoms with van der Waals surface area (Å²) in [7, 11) is 0. The van der Waals surface area contributed by atoms with Gasteiger partial charge < -0.3 is 5.32 Å². The minimum absolute atomic E-state index is 0.0280. The van der Waals surface area contributed by atoms with Gasteiger partial charge in [0, 0.05) is 29.1 Å². The van der Waals surface area contributed by atoms with Gasteiger partial charge in [0.05, 0.1) is 0 Å². The SMILES string of the molecule is O=C(CCNC(=O)c1ccc2ccccc2c1)NNC(=O)c1ccc(Cl)cc1. The first-order valence-corrected chi connectivity index (χ1v) is 9.02. The third-order valence-electron chi connectivity index (χ3n) is 4.07. The van der Waals surface area contributed by atoms with Gasteiger partial charge in [-0.05, 0) is 47.2 Å². The van der Waals surface area contributed by atoms with Crippen molar-refractivity contribution in [1.29, 1.82) is 0 Å². The fourth-order valence-corrected chi connectivity index (χ4v) is 2.71. The topological polar surface area (TPSA) is 87.3 Å². The zero-order chi connectivity index (χ0) is 19.9. The number of hydrogen-bond donors (Lipinski definition) is 3. The molecule has 0 atom stereocenters. The van der Waals surface area contributed by atoms with Crippen LogP contribution in [0.15, 0.2) is 66.7 Å². The Kier molecular flexibility index (Phi) is 6.24. The average Bonchev–Trinajstić information content (AvgIpc) is 2.72. The van der Waals surface area contributed by atoms with Crippen LogP contribution in [0.5, 0.6) is 0 Å². The Hall–Kier alpha value is -3.38. The van der Waals surface area contributed by atoms with Gasteiger partial charge in [0.25, 0.3) is 11.8 Å². The van der Waals surface area contributed by atoms with E-state index in [1.807, 2.05) is 30.3 Å². The maximum absolute atomic E-state index is 12.2. The molecule has 0 spiro atoms. The maximum Gasteiger partial charge on any atom is 0.269 e. The van der Waals surface area contributed by atoms with Crippen LogP contribution in [0.2, 0.25) is 5.02 Å². The summed E-state index contributed by atoms with van der Waals surface area (Å²) in [6.45, 7) is 0.147. The number of amides is 3. The third-order valence-corrected chi connectivity index (χ3v) is 4.32. The van der Waals surface area contributed by atoms with Crippen molar-refractivity contribution in [3.8, 4) is 0 Å². The van der Waals surface area contributed by atoms with Crippen LogP contribution >= 0.6 is 11.6 Å². The number of carbonyl (C=O) groups is 3. The highest BCUT2D eigenvalue weighted by Gasteiger charge is 2.09. The van der Waals surface area contributed by atoms with Crippen molar-refractivity contribution in [3.05, 3.63) is 82.9 Å². The lowest BCUT2D eigenvalue weighted by molar-refractivity contribution is -0.121. The molecule has 0 fully saturated rings. The van der Waals surface area contributed by atoms with Gasteiger partial charge >= 0.3 is 0 Å². The maximum atomic E-state index is 12.2. The van der Waals surface area contributed by atoms with E-state index in [2.05, 4.69) is 16.2 Å². The number of halogens is 1. The normalized spacial score (nSPS) is 10.3. The standard InChI is InChI=1S/C21H18ClN3O3/c22-18-9-7-15(8-10-18)21(28)25-24-19(26)11-12-23-20(27)17-6-5-14-3-1-2-4-16(14)13-17/h1-10,13H,11-12H2,(H,23,27)(H,24,26)(H,25,28). The summed E-state index contributed by atoms with van der Waals surface area (Å²) >= 11 is 5.76. The fraction of sp³-hybridized carbons (Fsp3) is 0.0952. The van der Waals surface area contributed by atoms with Gasteiger partial charge in [-0.1, -0.05) is 41.9 Å². The smallest absolute Gasteiger partial charge is 0.269 e. The molecule has 0 heterocycles. The summed E-state index contributed by atoms with van der Waals surface area (Å²) in [5, 5.41) is 5.23. The van der Waals surface area contributed by atoms with Gasteiger partial charge in [-0.15, -0.1) is 0 Å². The number of rotatable bonds is 5. The van der Waals surface area contributed by atoms with E-state index < -0.39 is 11.8 Å². The summed E-state index contributed by atoms with van der Waals surface area (Å²) in [5.74, 6) is -1.13. The molecule has 3 aromatic rings. The molecule has 142 valence electrons. The molecule has 0 saturated carbocycles. The highest BCUT2D eigenvalue weighted by atomic mass is 35.5. The Labute approximate surface area is 166 Å². The summed E-state index contributed by atoms with van der Waals surface area (Å²) in [5.41, 5.74) is 5.52. The Morgan fingerprint density at radius 1 is 0.750 bits per heavy atom. The summed E-state index contributed by atoms with van der Waals surface area (Å²) in [4.78, 5) is 35.9. The van der Waals surface area contributed by atoms with Crippen molar-refractivity contribution in [3.63, 3.8) is 0 Å². The van der Waals surface area contributed by atoms with E-state index in [4.69, 9.17) is 11.6 Å². The van der Waals surface area contributed by atoms with Crippen molar-refractivity contribution in [2.45, 2.75) is 6.42 Å². The van der Waals surface area contributed by atoms with E-state index in [0.717, 1.165) is 10.8 Å². The van der Waals surface area contributed by atoms with E-state index in [-0.39, 0.29) is 18.9 Å². The quantitative estimate of drug-likeness (QED) is 0.580. The summed E-state index contributed by atoms with van der Waals surface area (Å²) in [6.07, 6.45) is 0.0280. The largest absolute Gasteiger partial charge is 0.352 e. The molecule has 0 aliphatic heterocycles. The number of benzene rings is 3. The fourth-order valence-electron chi connectivity index (χ4n) is 2.58. The summed E-state index contributed by atoms with van der Waals surface area (Å²) < 4.78 is 0. The molecule has 3 amide bonds. The second-order valence-corrected chi connectivity index (χ2v) is 6.51. The van der Waals surface area contributed by atoms with Crippen LogP contribution in [0.25, 0.3) is 10.8 Å². The zero-order valence-electron chi connectivity index (χ0n) is 14.9. The van der Waals surface area contributed by atoms with Gasteiger partial charge in [-0.25, -0.2) is 0 Å². The van der Waals surface area contributed by atoms with Crippen molar-refractivity contribution in [2.24, 2.45) is 0 Å². The van der Waals surface area contributed by atoms with Crippen LogP contribution in [-0.2, 0) is 4.79 Å². The Morgan fingerprint density at radius 2 is 1.43 bits per heavy atom. The monoisotopic (exact) mass is 395 g/mol. The molecule has 28 heavy (non-hydrogen) atoms. The number of nitrogens with one attached hydrogen (secondary N) is 3. The van der Waals surface area contributed by atoms with Crippen LogP contribution < -0.4 is 16.2 Å². The van der Waals surface area contributed by atoms with Gasteiger partial charge in [0.15, 0.2) is 0 Å². The predicted molar refractivity (Wildman–Crippen MR) is 108 cm³/mol. The Morgan fingerprint density at radius 3 is 2.18 bits per heavy atom. The van der Waals surface area contributed by atoms with Gasteiger partial charge in [0.1, 0.15) is 0 Å². The number of fused-ring (bicyclic) bond motifs is 1. The molecule has 3 aromatic carbocycles. The van der Waals surface area contributed by atoms with Gasteiger partial charge in [0.2, 0.25) is 5.91 Å². The minimum atomic E-state index is -0.454. The van der Waals surface area contributed by atoms with E-state index in [0.29, 0.717) is 16.1 Å². The average molecular weight is 396 g/mol. The first-order valence-electron chi connectivity index (χ1n) is 8.65. The molecule has 0 aliphatic rings. The first kappa shape index (κ1) is 19.4. The van der Waals surface area contributed by atoms with E-state index in [1.165, 1.54) is 0 Å². The minimum Gasteiger partial charge on any atom is -0.352 e. The molecule has 0 aliphatic carbocycles. The third kappa shape index (κ3) is 5.08. The molecule has 7 heteroatoms. The van der Waals surface area contributed by atoms with Crippen molar-refractivity contribution in [2.75, 3.05) is 6.54 Å². The number of carbonyl (C=O) groups excluding carboxylic acids is 3. The van der Waals surface area contributed by atoms with Gasteiger partial charge in [-0.3, -0.25) is 25.2 Å². The highest BCUT2D eigenvalue weighted by Crippen LogP contribution is 2.15. The van der Waals surface area contributed by atoms with Crippen molar-refractivity contribution < 1.29 is 14.4 Å². The lowest BCUT2D eigenvalue weighted by atomic mass is 10.1. The lowest BCUT2D eigenvalue weighted by Gasteiger charge is -2.09. The molecule has 6 nitrogen and oxygen atoms in total. The van der Waals surface area contributed by atoms with Crippen molar-refractivity contribution >= 4 is 40.1 Å². The van der Waals surface area contributed by atoms with Crippen LogP contribution in [0.3, 0.4) is 0 Å². The molecule has 3 N–H and O–H groups in total. The van der Waals surface area contributed by atoms with E-state index in [9.17, 15) is 14.4 Å². The summed E-state index contributed by atoms with van der Waals surface area (Å²) in [6, 6.07) is 19.4. The second-order valence-electron chi connectivity index (χ2n) is 6.08. The molecule has 0 unspecified atom stereocenters. The van der Waals surface area contributed by atoms with Crippen LogP contribution in [0.4, 0.5) is 0 Å². The highest BCUT2D eigenvalue weighted by molar-refractivity contribution is 6.30. The second kappa shape index (κ2) is 9.01. The molecule has 3 rings (SSSR count). The molecule has 0 aromatic heterocycles.